The number of nitrogens with one attached hydrogen (secondary N) is 1. The molecular weight excluding hydrogens is 296 g/mol. The quantitative estimate of drug-likeness (QED) is 0.896. The number of hydrogen-bond donors (Lipinski definition) is 2. The third-order valence-corrected chi connectivity index (χ3v) is 3.03. The smallest absolute Gasteiger partial charge is 0.260 e. The van der Waals surface area contributed by atoms with Crippen molar-refractivity contribution in [3.63, 3.8) is 0 Å². The number of phenolic OH excluding ortho intramolecular Hbond substituents is 1. The summed E-state index contributed by atoms with van der Waals surface area (Å²) in [7, 11) is 0. The van der Waals surface area contributed by atoms with Crippen LogP contribution in [-0.4, -0.2) is 16.0 Å². The van der Waals surface area contributed by atoms with Crippen molar-refractivity contribution in [1.82, 2.24) is 4.98 Å². The van der Waals surface area contributed by atoms with Crippen LogP contribution in [0, 0.1) is 6.92 Å². The number of pyridine rings is 1. The Morgan fingerprint density at radius 3 is 2.89 bits per heavy atom. The molecule has 0 atom stereocenters. The van der Waals surface area contributed by atoms with E-state index in [1.807, 2.05) is 6.92 Å². The van der Waals surface area contributed by atoms with E-state index in [2.05, 4.69) is 26.2 Å². The molecule has 0 fully saturated rings. The molecule has 0 spiro atoms. The monoisotopic (exact) mass is 306 g/mol. The average Bonchev–Trinajstić information content (AvgIpc) is 2.35. The molecule has 18 heavy (non-hydrogen) atoms. The zero-order valence-corrected chi connectivity index (χ0v) is 11.2. The number of aromatic hydroxyl groups is 1. The van der Waals surface area contributed by atoms with Gasteiger partial charge in [-0.05, 0) is 47.1 Å². The van der Waals surface area contributed by atoms with Crippen LogP contribution in [0.1, 0.15) is 15.9 Å². The summed E-state index contributed by atoms with van der Waals surface area (Å²) in [4.78, 5) is 16.0. The minimum atomic E-state index is -0.393. The molecule has 1 aromatic carbocycles. The Balaban J connectivity index is 2.28. The van der Waals surface area contributed by atoms with Crippen LogP contribution in [0.15, 0.2) is 41.0 Å². The van der Waals surface area contributed by atoms with Crippen molar-refractivity contribution in [2.24, 2.45) is 0 Å². The van der Waals surface area contributed by atoms with Gasteiger partial charge in [0.2, 0.25) is 0 Å². The van der Waals surface area contributed by atoms with Gasteiger partial charge in [-0.1, -0.05) is 11.6 Å². The summed E-state index contributed by atoms with van der Waals surface area (Å²) in [6, 6.07) is 8.39. The third-order valence-electron chi connectivity index (χ3n) is 2.39. The van der Waals surface area contributed by atoms with E-state index in [0.717, 1.165) is 5.56 Å². The van der Waals surface area contributed by atoms with Crippen molar-refractivity contribution in [3.05, 3.63) is 52.1 Å². The molecule has 2 aromatic rings. The van der Waals surface area contributed by atoms with E-state index in [4.69, 9.17) is 0 Å². The lowest BCUT2D eigenvalue weighted by molar-refractivity contribution is 0.102. The number of rotatable bonds is 2. The average molecular weight is 307 g/mol. The topological polar surface area (TPSA) is 62.2 Å². The minimum absolute atomic E-state index is 0.0508. The van der Waals surface area contributed by atoms with Crippen LogP contribution in [0.5, 0.6) is 5.75 Å². The van der Waals surface area contributed by atoms with Crippen molar-refractivity contribution >= 4 is 27.7 Å². The molecule has 1 aromatic heterocycles. The first-order valence-corrected chi connectivity index (χ1v) is 6.08. The van der Waals surface area contributed by atoms with Crippen molar-refractivity contribution in [1.29, 1.82) is 0 Å². The number of nitrogens with zero attached hydrogens (tertiary/aromatic N) is 1. The third kappa shape index (κ3) is 2.68. The molecule has 0 bridgehead atoms. The number of anilines is 1. The van der Waals surface area contributed by atoms with Crippen LogP contribution in [-0.2, 0) is 0 Å². The summed E-state index contributed by atoms with van der Waals surface area (Å²) in [5, 5.41) is 12.3. The maximum atomic E-state index is 12.0. The molecule has 1 heterocycles. The molecule has 0 aliphatic heterocycles. The zero-order chi connectivity index (χ0) is 13.1. The van der Waals surface area contributed by atoms with Gasteiger partial charge in [-0.15, -0.1) is 0 Å². The lowest BCUT2D eigenvalue weighted by atomic mass is 10.1. The van der Waals surface area contributed by atoms with Crippen LogP contribution in [0.3, 0.4) is 0 Å². The van der Waals surface area contributed by atoms with Gasteiger partial charge in [0.15, 0.2) is 0 Å². The standard InChI is InChI=1S/C13H11BrN2O2/c1-8-4-5-11(17)9(7-8)13(18)16-12-10(14)3-2-6-15-12/h2-7,17H,1H3,(H,15,16,18). The van der Waals surface area contributed by atoms with E-state index < -0.39 is 5.91 Å². The van der Waals surface area contributed by atoms with Gasteiger partial charge in [-0.2, -0.15) is 0 Å². The zero-order valence-electron chi connectivity index (χ0n) is 9.64. The molecule has 0 saturated carbocycles. The van der Waals surface area contributed by atoms with E-state index >= 15 is 0 Å². The fraction of sp³-hybridized carbons (Fsp3) is 0.0769. The Morgan fingerprint density at radius 2 is 2.17 bits per heavy atom. The second-order valence-electron chi connectivity index (χ2n) is 3.81. The van der Waals surface area contributed by atoms with Gasteiger partial charge in [0.1, 0.15) is 11.6 Å². The molecule has 0 aliphatic rings. The largest absolute Gasteiger partial charge is 0.507 e. The molecule has 2 N–H and O–H groups in total. The molecular formula is C13H11BrN2O2. The fourth-order valence-electron chi connectivity index (χ4n) is 1.48. The van der Waals surface area contributed by atoms with Gasteiger partial charge in [-0.25, -0.2) is 4.98 Å². The van der Waals surface area contributed by atoms with Crippen LogP contribution in [0.4, 0.5) is 5.82 Å². The Morgan fingerprint density at radius 1 is 1.39 bits per heavy atom. The van der Waals surface area contributed by atoms with Crippen LogP contribution >= 0.6 is 15.9 Å². The number of amides is 1. The first-order valence-electron chi connectivity index (χ1n) is 5.29. The van der Waals surface area contributed by atoms with Gasteiger partial charge in [0, 0.05) is 6.20 Å². The van der Waals surface area contributed by atoms with Crippen molar-refractivity contribution in [3.8, 4) is 5.75 Å². The molecule has 4 nitrogen and oxygen atoms in total. The summed E-state index contributed by atoms with van der Waals surface area (Å²) in [5.41, 5.74) is 1.13. The lowest BCUT2D eigenvalue weighted by Gasteiger charge is -2.08. The van der Waals surface area contributed by atoms with Crippen molar-refractivity contribution in [2.45, 2.75) is 6.92 Å². The van der Waals surface area contributed by atoms with Gasteiger partial charge in [0.05, 0.1) is 10.0 Å². The van der Waals surface area contributed by atoms with Gasteiger partial charge >= 0.3 is 0 Å². The summed E-state index contributed by atoms with van der Waals surface area (Å²) < 4.78 is 0.686. The lowest BCUT2D eigenvalue weighted by Crippen LogP contribution is -2.13. The predicted octanol–water partition coefficient (Wildman–Crippen LogP) is 3.11. The first kappa shape index (κ1) is 12.6. The normalized spacial score (nSPS) is 10.1. The number of benzene rings is 1. The molecule has 5 heteroatoms. The second-order valence-corrected chi connectivity index (χ2v) is 4.66. The predicted molar refractivity (Wildman–Crippen MR) is 72.7 cm³/mol. The van der Waals surface area contributed by atoms with E-state index in [1.54, 1.807) is 30.5 Å². The van der Waals surface area contributed by atoms with Crippen LogP contribution in [0.25, 0.3) is 0 Å². The number of aryl methyl sites for hydroxylation is 1. The molecule has 0 unspecified atom stereocenters. The fourth-order valence-corrected chi connectivity index (χ4v) is 1.84. The molecule has 0 radical (unpaired) electrons. The summed E-state index contributed by atoms with van der Waals surface area (Å²) in [5.74, 6) is -0.0239. The molecule has 0 saturated heterocycles. The highest BCUT2D eigenvalue weighted by atomic mass is 79.9. The minimum Gasteiger partial charge on any atom is -0.507 e. The Bertz CT molecular complexity index is 599. The Hall–Kier alpha value is -1.88. The maximum absolute atomic E-state index is 12.0. The maximum Gasteiger partial charge on any atom is 0.260 e. The number of carbonyl (C=O) groups excluding carboxylic acids is 1. The second kappa shape index (κ2) is 5.18. The summed E-state index contributed by atoms with van der Waals surface area (Å²) in [6.45, 7) is 1.85. The Kier molecular flexibility index (Phi) is 3.62. The van der Waals surface area contributed by atoms with Crippen LogP contribution in [0.2, 0.25) is 0 Å². The van der Waals surface area contributed by atoms with E-state index in [9.17, 15) is 9.90 Å². The van der Waals surface area contributed by atoms with Crippen molar-refractivity contribution in [2.75, 3.05) is 5.32 Å². The van der Waals surface area contributed by atoms with Crippen molar-refractivity contribution < 1.29 is 9.90 Å². The molecule has 2 rings (SSSR count). The highest BCUT2D eigenvalue weighted by Gasteiger charge is 2.13. The summed E-state index contributed by atoms with van der Waals surface area (Å²) >= 11 is 3.29. The highest BCUT2D eigenvalue weighted by molar-refractivity contribution is 9.10. The summed E-state index contributed by atoms with van der Waals surface area (Å²) in [6.07, 6.45) is 1.58. The van der Waals surface area contributed by atoms with Gasteiger partial charge in [-0.3, -0.25) is 4.79 Å². The molecule has 0 aliphatic carbocycles. The SMILES string of the molecule is Cc1ccc(O)c(C(=O)Nc2ncccc2Br)c1. The van der Waals surface area contributed by atoms with Crippen LogP contribution < -0.4 is 5.32 Å². The van der Waals surface area contributed by atoms with Gasteiger partial charge < -0.3 is 10.4 Å². The first-order chi connectivity index (χ1) is 8.58. The number of carbonyl (C=O) groups is 1. The van der Waals surface area contributed by atoms with Gasteiger partial charge in [0.25, 0.3) is 5.91 Å². The number of hydrogen-bond acceptors (Lipinski definition) is 3. The van der Waals surface area contributed by atoms with E-state index in [0.29, 0.717) is 10.3 Å². The number of phenols is 1. The Labute approximate surface area is 113 Å². The molecule has 92 valence electrons. The molecule has 1 amide bonds. The highest BCUT2D eigenvalue weighted by Crippen LogP contribution is 2.22. The number of halogens is 1. The van der Waals surface area contributed by atoms with E-state index in [-0.39, 0.29) is 11.3 Å². The number of aromatic nitrogens is 1. The van der Waals surface area contributed by atoms with E-state index in [1.165, 1.54) is 6.07 Å².